The molecule has 3 rings (SSSR count). The van der Waals surface area contributed by atoms with Crippen molar-refractivity contribution in [3.8, 4) is 11.6 Å². The molecule has 0 aliphatic rings. The number of ether oxygens (including phenoxy) is 1. The average Bonchev–Trinajstić information content (AvgIpc) is 2.81. The number of nitrogens with zero attached hydrogens (tertiary/aromatic N) is 2. The van der Waals surface area contributed by atoms with Crippen molar-refractivity contribution in [3.63, 3.8) is 0 Å². The number of aryl methyl sites for hydroxylation is 1. The topological polar surface area (TPSA) is 52.5 Å². The third-order valence-corrected chi connectivity index (χ3v) is 3.33. The van der Waals surface area contributed by atoms with Crippen LogP contribution in [0.2, 0.25) is 0 Å². The molecule has 0 spiro atoms. The van der Waals surface area contributed by atoms with Gasteiger partial charge in [-0.3, -0.25) is 0 Å². The molecule has 0 bridgehead atoms. The second kappa shape index (κ2) is 5.54. The summed E-state index contributed by atoms with van der Waals surface area (Å²) in [6.45, 7) is 2.36. The van der Waals surface area contributed by atoms with Crippen molar-refractivity contribution in [2.45, 2.75) is 13.3 Å². The summed E-state index contributed by atoms with van der Waals surface area (Å²) in [4.78, 5) is 4.46. The Morgan fingerprint density at radius 3 is 2.95 bits per heavy atom. The summed E-state index contributed by atoms with van der Waals surface area (Å²) in [7, 11) is 0. The van der Waals surface area contributed by atoms with Crippen LogP contribution in [0.1, 0.15) is 11.3 Å². The molecule has 0 saturated heterocycles. The number of nitrogens with two attached hydrogens (primary N) is 1. The van der Waals surface area contributed by atoms with Crippen LogP contribution in [0.4, 0.5) is 4.39 Å². The predicted octanol–water partition coefficient (Wildman–Crippen LogP) is 3.08. The summed E-state index contributed by atoms with van der Waals surface area (Å²) in [5.74, 6) is 0.608. The van der Waals surface area contributed by atoms with Crippen molar-refractivity contribution in [1.29, 1.82) is 0 Å². The maximum absolute atomic E-state index is 13.4. The monoisotopic (exact) mass is 285 g/mol. The lowest BCUT2D eigenvalue weighted by molar-refractivity contribution is 0.451. The summed E-state index contributed by atoms with van der Waals surface area (Å²) in [6, 6.07) is 10.2. The van der Waals surface area contributed by atoms with E-state index in [-0.39, 0.29) is 5.82 Å². The summed E-state index contributed by atoms with van der Waals surface area (Å²) >= 11 is 0. The Hall–Kier alpha value is -2.40. The molecule has 0 atom stereocenters. The van der Waals surface area contributed by atoms with Crippen LogP contribution >= 0.6 is 0 Å². The van der Waals surface area contributed by atoms with Gasteiger partial charge in [-0.1, -0.05) is 12.1 Å². The standard InChI is InChI=1S/C16H16FN3O/c1-11-5-6-12(17)10-14(11)21-16-13(7-8-18)20-9-3-2-4-15(20)19-16/h2-6,9-10H,7-8,18H2,1H3. The highest BCUT2D eigenvalue weighted by Gasteiger charge is 2.14. The molecule has 108 valence electrons. The smallest absolute Gasteiger partial charge is 0.241 e. The maximum Gasteiger partial charge on any atom is 0.241 e. The molecule has 2 N–H and O–H groups in total. The van der Waals surface area contributed by atoms with Gasteiger partial charge in [0, 0.05) is 18.7 Å². The number of benzene rings is 1. The molecule has 0 aliphatic heterocycles. The van der Waals surface area contributed by atoms with Crippen LogP contribution in [0.25, 0.3) is 5.65 Å². The van der Waals surface area contributed by atoms with Crippen molar-refractivity contribution >= 4 is 5.65 Å². The Bertz CT molecular complexity index is 782. The highest BCUT2D eigenvalue weighted by atomic mass is 19.1. The zero-order chi connectivity index (χ0) is 14.8. The minimum Gasteiger partial charge on any atom is -0.437 e. The van der Waals surface area contributed by atoms with Crippen LogP contribution in [0.15, 0.2) is 42.6 Å². The lowest BCUT2D eigenvalue weighted by Crippen LogP contribution is -2.06. The second-order valence-electron chi connectivity index (χ2n) is 4.84. The molecule has 0 amide bonds. The van der Waals surface area contributed by atoms with Gasteiger partial charge < -0.3 is 14.9 Å². The molecule has 2 aromatic heterocycles. The summed E-state index contributed by atoms with van der Waals surface area (Å²) in [5.41, 5.74) is 8.19. The van der Waals surface area contributed by atoms with Gasteiger partial charge in [-0.05, 0) is 37.2 Å². The van der Waals surface area contributed by atoms with Crippen molar-refractivity contribution in [2.75, 3.05) is 6.54 Å². The zero-order valence-corrected chi connectivity index (χ0v) is 11.7. The van der Waals surface area contributed by atoms with Gasteiger partial charge in [0.05, 0.1) is 5.69 Å². The molecule has 0 fully saturated rings. The minimum absolute atomic E-state index is 0.334. The van der Waals surface area contributed by atoms with Crippen molar-refractivity contribution in [1.82, 2.24) is 9.38 Å². The first-order chi connectivity index (χ1) is 10.2. The molecule has 0 saturated carbocycles. The average molecular weight is 285 g/mol. The number of pyridine rings is 1. The quantitative estimate of drug-likeness (QED) is 0.801. The number of imidazole rings is 1. The fourth-order valence-electron chi connectivity index (χ4n) is 2.26. The largest absolute Gasteiger partial charge is 0.437 e. The summed E-state index contributed by atoms with van der Waals surface area (Å²) in [5, 5.41) is 0. The van der Waals surface area contributed by atoms with Crippen molar-refractivity contribution in [3.05, 3.63) is 59.7 Å². The highest BCUT2D eigenvalue weighted by molar-refractivity contribution is 5.47. The van der Waals surface area contributed by atoms with Gasteiger partial charge >= 0.3 is 0 Å². The van der Waals surface area contributed by atoms with E-state index in [1.807, 2.05) is 35.7 Å². The Labute approximate surface area is 122 Å². The minimum atomic E-state index is -0.334. The molecule has 0 aliphatic carbocycles. The van der Waals surface area contributed by atoms with E-state index >= 15 is 0 Å². The van der Waals surface area contributed by atoms with Crippen LogP contribution in [-0.4, -0.2) is 15.9 Å². The molecule has 2 heterocycles. The highest BCUT2D eigenvalue weighted by Crippen LogP contribution is 2.29. The summed E-state index contributed by atoms with van der Waals surface area (Å²) < 4.78 is 21.1. The number of hydrogen-bond donors (Lipinski definition) is 1. The van der Waals surface area contributed by atoms with Crippen molar-refractivity contribution in [2.24, 2.45) is 5.73 Å². The SMILES string of the molecule is Cc1ccc(F)cc1Oc1nc2ccccn2c1CCN. The molecule has 21 heavy (non-hydrogen) atoms. The number of aromatic nitrogens is 2. The molecule has 1 aromatic carbocycles. The van der Waals surface area contributed by atoms with E-state index in [0.29, 0.717) is 24.6 Å². The van der Waals surface area contributed by atoms with E-state index in [1.54, 1.807) is 6.07 Å². The molecule has 5 heteroatoms. The van der Waals surface area contributed by atoms with Crippen LogP contribution < -0.4 is 10.5 Å². The van der Waals surface area contributed by atoms with Gasteiger partial charge in [0.25, 0.3) is 0 Å². The fourth-order valence-corrected chi connectivity index (χ4v) is 2.26. The Kier molecular flexibility index (Phi) is 3.58. The van der Waals surface area contributed by atoms with Gasteiger partial charge in [-0.2, -0.15) is 4.98 Å². The van der Waals surface area contributed by atoms with E-state index in [2.05, 4.69) is 4.98 Å². The lowest BCUT2D eigenvalue weighted by atomic mass is 10.2. The van der Waals surface area contributed by atoms with Crippen molar-refractivity contribution < 1.29 is 9.13 Å². The van der Waals surface area contributed by atoms with E-state index < -0.39 is 0 Å². The van der Waals surface area contributed by atoms with Gasteiger partial charge in [0.15, 0.2) is 0 Å². The summed E-state index contributed by atoms with van der Waals surface area (Å²) in [6.07, 6.45) is 2.55. The van der Waals surface area contributed by atoms with Crippen LogP contribution in [-0.2, 0) is 6.42 Å². The Morgan fingerprint density at radius 1 is 1.29 bits per heavy atom. The first kappa shape index (κ1) is 13.6. The third kappa shape index (κ3) is 2.60. The first-order valence-corrected chi connectivity index (χ1v) is 6.79. The number of rotatable bonds is 4. The normalized spacial score (nSPS) is 11.0. The van der Waals surface area contributed by atoms with E-state index in [9.17, 15) is 4.39 Å². The Morgan fingerprint density at radius 2 is 2.14 bits per heavy atom. The zero-order valence-electron chi connectivity index (χ0n) is 11.7. The molecule has 0 unspecified atom stereocenters. The second-order valence-corrected chi connectivity index (χ2v) is 4.84. The van der Waals surface area contributed by atoms with E-state index in [0.717, 1.165) is 16.9 Å². The van der Waals surface area contributed by atoms with E-state index in [1.165, 1.54) is 12.1 Å². The molecular weight excluding hydrogens is 269 g/mol. The molecule has 0 radical (unpaired) electrons. The number of fused-ring (bicyclic) bond motifs is 1. The van der Waals surface area contributed by atoms with E-state index in [4.69, 9.17) is 10.5 Å². The Balaban J connectivity index is 2.07. The van der Waals surface area contributed by atoms with Crippen LogP contribution in [0.3, 0.4) is 0 Å². The van der Waals surface area contributed by atoms with Gasteiger partial charge in [0.2, 0.25) is 5.88 Å². The number of hydrogen-bond acceptors (Lipinski definition) is 3. The van der Waals surface area contributed by atoms with Crippen LogP contribution in [0.5, 0.6) is 11.6 Å². The number of halogens is 1. The molecule has 3 aromatic rings. The lowest BCUT2D eigenvalue weighted by Gasteiger charge is -2.08. The fraction of sp³-hybridized carbons (Fsp3) is 0.188. The maximum atomic E-state index is 13.4. The van der Waals surface area contributed by atoms with Crippen LogP contribution in [0, 0.1) is 12.7 Å². The third-order valence-electron chi connectivity index (χ3n) is 3.33. The predicted molar refractivity (Wildman–Crippen MR) is 79.2 cm³/mol. The van der Waals surface area contributed by atoms with Gasteiger partial charge in [0.1, 0.15) is 17.2 Å². The molecular formula is C16H16FN3O. The van der Waals surface area contributed by atoms with Gasteiger partial charge in [-0.15, -0.1) is 0 Å². The van der Waals surface area contributed by atoms with Gasteiger partial charge in [-0.25, -0.2) is 4.39 Å². The molecule has 4 nitrogen and oxygen atoms in total. The first-order valence-electron chi connectivity index (χ1n) is 6.79.